The van der Waals surface area contributed by atoms with Gasteiger partial charge in [-0.2, -0.15) is 18.2 Å². The lowest BCUT2D eigenvalue weighted by Gasteiger charge is -2.18. The van der Waals surface area contributed by atoms with Gasteiger partial charge in [0.1, 0.15) is 11.5 Å². The van der Waals surface area contributed by atoms with Crippen molar-refractivity contribution in [1.82, 2.24) is 15.0 Å². The van der Waals surface area contributed by atoms with Crippen LogP contribution in [0.25, 0.3) is 11.5 Å². The summed E-state index contributed by atoms with van der Waals surface area (Å²) in [5.41, 5.74) is 0.421. The molecule has 1 amide bonds. The quantitative estimate of drug-likeness (QED) is 0.561. The first-order chi connectivity index (χ1) is 15.3. The Labute approximate surface area is 181 Å². The highest BCUT2D eigenvalue weighted by atomic mass is 19.4. The zero-order chi connectivity index (χ0) is 22.9. The lowest BCUT2D eigenvalue weighted by atomic mass is 10.1. The fraction of sp³-hybridized carbons (Fsp3) is 0.318. The number of benzene rings is 2. The van der Waals surface area contributed by atoms with Gasteiger partial charge in [-0.15, -0.1) is 0 Å². The second-order valence-corrected chi connectivity index (χ2v) is 7.39. The molecule has 0 N–H and O–H groups in total. The summed E-state index contributed by atoms with van der Waals surface area (Å²) >= 11 is 0. The predicted molar refractivity (Wildman–Crippen MR) is 107 cm³/mol. The Morgan fingerprint density at radius 1 is 1.12 bits per heavy atom. The Morgan fingerprint density at radius 2 is 1.88 bits per heavy atom. The molecule has 10 heteroatoms. The Kier molecular flexibility index (Phi) is 5.77. The largest absolute Gasteiger partial charge is 0.497 e. The van der Waals surface area contributed by atoms with Gasteiger partial charge < -0.3 is 18.9 Å². The molecule has 0 radical (unpaired) electrons. The van der Waals surface area contributed by atoms with E-state index in [2.05, 4.69) is 10.1 Å². The molecule has 1 saturated heterocycles. The van der Waals surface area contributed by atoms with Gasteiger partial charge in [0.25, 0.3) is 5.89 Å². The standard InChI is InChI=1S/C22H20F3N3O4/c1-30-17-7-8-18(31-2)14(9-17)11-28-12-15(10-19(28)29)20-26-21(32-27-20)13-3-5-16(6-4-13)22(23,24)25/h3-9,15H,10-12H2,1-2H3. The van der Waals surface area contributed by atoms with E-state index in [0.29, 0.717) is 36.0 Å². The molecule has 1 atom stereocenters. The van der Waals surface area contributed by atoms with Crippen molar-refractivity contribution in [2.45, 2.75) is 25.1 Å². The van der Waals surface area contributed by atoms with Crippen LogP contribution in [-0.2, 0) is 17.5 Å². The number of rotatable bonds is 6. The topological polar surface area (TPSA) is 77.7 Å². The van der Waals surface area contributed by atoms with Crippen LogP contribution in [-0.4, -0.2) is 41.7 Å². The van der Waals surface area contributed by atoms with Gasteiger partial charge in [0.05, 0.1) is 19.8 Å². The smallest absolute Gasteiger partial charge is 0.416 e. The summed E-state index contributed by atoms with van der Waals surface area (Å²) in [4.78, 5) is 18.6. The van der Waals surface area contributed by atoms with Gasteiger partial charge in [-0.05, 0) is 42.5 Å². The third kappa shape index (κ3) is 4.39. The summed E-state index contributed by atoms with van der Waals surface area (Å²) < 4.78 is 54.1. The Balaban J connectivity index is 1.48. The van der Waals surface area contributed by atoms with E-state index < -0.39 is 11.7 Å². The first-order valence-corrected chi connectivity index (χ1v) is 9.78. The van der Waals surface area contributed by atoms with Gasteiger partial charge >= 0.3 is 6.18 Å². The van der Waals surface area contributed by atoms with Gasteiger partial charge in [-0.3, -0.25) is 4.79 Å². The SMILES string of the molecule is COc1ccc(OC)c(CN2CC(c3noc(-c4ccc(C(F)(F)F)cc4)n3)CC2=O)c1. The van der Waals surface area contributed by atoms with Crippen molar-refractivity contribution in [2.75, 3.05) is 20.8 Å². The fourth-order valence-corrected chi connectivity index (χ4v) is 3.63. The lowest BCUT2D eigenvalue weighted by Crippen LogP contribution is -2.24. The van der Waals surface area contributed by atoms with Crippen LogP contribution in [0.15, 0.2) is 47.0 Å². The zero-order valence-electron chi connectivity index (χ0n) is 17.3. The molecule has 7 nitrogen and oxygen atoms in total. The minimum absolute atomic E-state index is 0.0687. The van der Waals surface area contributed by atoms with Gasteiger partial charge in [0, 0.05) is 36.6 Å². The Bertz CT molecular complexity index is 1110. The van der Waals surface area contributed by atoms with Crippen molar-refractivity contribution in [1.29, 1.82) is 0 Å². The summed E-state index contributed by atoms with van der Waals surface area (Å²) in [5, 5.41) is 3.95. The molecule has 1 aliphatic rings. The maximum absolute atomic E-state index is 12.7. The number of methoxy groups -OCH3 is 2. The molecule has 168 valence electrons. The molecular weight excluding hydrogens is 427 g/mol. The number of amides is 1. The number of nitrogens with zero attached hydrogens (tertiary/aromatic N) is 3. The van der Waals surface area contributed by atoms with E-state index in [9.17, 15) is 18.0 Å². The average molecular weight is 447 g/mol. The van der Waals surface area contributed by atoms with Crippen molar-refractivity contribution in [2.24, 2.45) is 0 Å². The normalized spacial score (nSPS) is 16.5. The molecular formula is C22H20F3N3O4. The molecule has 32 heavy (non-hydrogen) atoms. The van der Waals surface area contributed by atoms with Crippen LogP contribution < -0.4 is 9.47 Å². The zero-order valence-corrected chi connectivity index (χ0v) is 17.3. The highest BCUT2D eigenvalue weighted by Gasteiger charge is 2.34. The molecule has 0 aliphatic carbocycles. The van der Waals surface area contributed by atoms with Crippen LogP contribution >= 0.6 is 0 Å². The maximum atomic E-state index is 12.7. The molecule has 0 spiro atoms. The first-order valence-electron chi connectivity index (χ1n) is 9.78. The van der Waals surface area contributed by atoms with Gasteiger partial charge in [-0.25, -0.2) is 0 Å². The van der Waals surface area contributed by atoms with Crippen molar-refractivity contribution < 1.29 is 32.0 Å². The molecule has 4 rings (SSSR count). The van der Waals surface area contributed by atoms with Crippen molar-refractivity contribution in [3.05, 3.63) is 59.4 Å². The summed E-state index contributed by atoms with van der Waals surface area (Å²) in [5.74, 6) is 1.39. The van der Waals surface area contributed by atoms with Crippen LogP contribution in [0.2, 0.25) is 0 Å². The highest BCUT2D eigenvalue weighted by Crippen LogP contribution is 2.33. The van der Waals surface area contributed by atoms with Gasteiger partial charge in [0.15, 0.2) is 5.82 Å². The Hall–Kier alpha value is -3.56. The van der Waals surface area contributed by atoms with E-state index in [1.165, 1.54) is 12.1 Å². The molecule has 0 saturated carbocycles. The van der Waals surface area contributed by atoms with Crippen LogP contribution in [0.4, 0.5) is 13.2 Å². The number of hydrogen-bond donors (Lipinski definition) is 0. The second-order valence-electron chi connectivity index (χ2n) is 7.39. The van der Waals surface area contributed by atoms with Gasteiger partial charge in [-0.1, -0.05) is 5.16 Å². The first kappa shape index (κ1) is 21.7. The molecule has 2 aromatic carbocycles. The third-order valence-corrected chi connectivity index (χ3v) is 5.33. The van der Waals surface area contributed by atoms with Crippen molar-refractivity contribution in [3.8, 4) is 23.0 Å². The summed E-state index contributed by atoms with van der Waals surface area (Å²) in [6.07, 6.45) is -4.21. The molecule has 1 unspecified atom stereocenters. The van der Waals surface area contributed by atoms with Crippen LogP contribution in [0.5, 0.6) is 11.5 Å². The number of halogens is 3. The number of alkyl halides is 3. The fourth-order valence-electron chi connectivity index (χ4n) is 3.63. The number of likely N-dealkylation sites (tertiary alicyclic amines) is 1. The molecule has 3 aromatic rings. The molecule has 0 bridgehead atoms. The summed E-state index contributed by atoms with van der Waals surface area (Å²) in [6, 6.07) is 9.85. The molecule has 1 aliphatic heterocycles. The van der Waals surface area contributed by atoms with Crippen LogP contribution in [0, 0.1) is 0 Å². The minimum atomic E-state index is -4.42. The highest BCUT2D eigenvalue weighted by molar-refractivity contribution is 5.79. The molecule has 2 heterocycles. The number of carbonyl (C=O) groups excluding carboxylic acids is 1. The number of hydrogen-bond acceptors (Lipinski definition) is 6. The van der Waals surface area contributed by atoms with Crippen LogP contribution in [0.3, 0.4) is 0 Å². The molecule has 1 aromatic heterocycles. The van der Waals surface area contributed by atoms with Gasteiger partial charge in [0.2, 0.25) is 5.91 Å². The number of carbonyl (C=O) groups is 1. The van der Waals surface area contributed by atoms with E-state index in [1.54, 1.807) is 31.3 Å². The van der Waals surface area contributed by atoms with E-state index in [4.69, 9.17) is 14.0 Å². The van der Waals surface area contributed by atoms with E-state index in [-0.39, 0.29) is 24.1 Å². The van der Waals surface area contributed by atoms with E-state index >= 15 is 0 Å². The van der Waals surface area contributed by atoms with Crippen molar-refractivity contribution in [3.63, 3.8) is 0 Å². The Morgan fingerprint density at radius 3 is 2.53 bits per heavy atom. The van der Waals surface area contributed by atoms with Crippen LogP contribution in [0.1, 0.15) is 29.3 Å². The number of ether oxygens (including phenoxy) is 2. The lowest BCUT2D eigenvalue weighted by molar-refractivity contribution is -0.137. The second kappa shape index (κ2) is 8.52. The predicted octanol–water partition coefficient (Wildman–Crippen LogP) is 4.29. The maximum Gasteiger partial charge on any atom is 0.416 e. The third-order valence-electron chi connectivity index (χ3n) is 5.33. The average Bonchev–Trinajstić information content (AvgIpc) is 3.40. The van der Waals surface area contributed by atoms with E-state index in [1.807, 2.05) is 6.07 Å². The monoisotopic (exact) mass is 447 g/mol. The summed E-state index contributed by atoms with van der Waals surface area (Å²) in [7, 11) is 3.12. The number of aromatic nitrogens is 2. The molecule has 1 fully saturated rings. The minimum Gasteiger partial charge on any atom is -0.497 e. The van der Waals surface area contributed by atoms with Crippen molar-refractivity contribution >= 4 is 5.91 Å². The van der Waals surface area contributed by atoms with E-state index in [0.717, 1.165) is 17.7 Å². The summed E-state index contributed by atoms with van der Waals surface area (Å²) in [6.45, 7) is 0.713.